The van der Waals surface area contributed by atoms with E-state index in [0.717, 1.165) is 9.99 Å². The molecule has 0 saturated carbocycles. The van der Waals surface area contributed by atoms with Gasteiger partial charge < -0.3 is 9.67 Å². The van der Waals surface area contributed by atoms with Crippen LogP contribution in [-0.2, 0) is 11.3 Å². The lowest BCUT2D eigenvalue weighted by Gasteiger charge is -2.04. The van der Waals surface area contributed by atoms with Crippen LogP contribution < -0.4 is 0 Å². The van der Waals surface area contributed by atoms with Crippen molar-refractivity contribution in [3.63, 3.8) is 0 Å². The fourth-order valence-electron chi connectivity index (χ4n) is 1.89. The Hall–Kier alpha value is -1.29. The standard InChI is InChI=1S/C12H12BrNO2/c1-8-7-14(6-5-11(15)16)12-9(8)3-2-4-10(12)13/h2-4,7H,5-6H2,1H3,(H,15,16). The molecule has 0 spiro atoms. The number of carbonyl (C=O) groups is 1. The summed E-state index contributed by atoms with van der Waals surface area (Å²) < 4.78 is 2.99. The summed E-state index contributed by atoms with van der Waals surface area (Å²) in [6.45, 7) is 2.54. The van der Waals surface area contributed by atoms with Crippen LogP contribution >= 0.6 is 15.9 Å². The van der Waals surface area contributed by atoms with E-state index in [9.17, 15) is 4.79 Å². The summed E-state index contributed by atoms with van der Waals surface area (Å²) in [5.41, 5.74) is 2.24. The highest BCUT2D eigenvalue weighted by Gasteiger charge is 2.09. The van der Waals surface area contributed by atoms with Crippen LogP contribution in [0.4, 0.5) is 0 Å². The molecule has 0 unspecified atom stereocenters. The van der Waals surface area contributed by atoms with Crippen molar-refractivity contribution in [1.29, 1.82) is 0 Å². The third kappa shape index (κ3) is 1.97. The van der Waals surface area contributed by atoms with E-state index in [1.54, 1.807) is 0 Å². The Morgan fingerprint density at radius 3 is 2.94 bits per heavy atom. The molecule has 0 aliphatic heterocycles. The molecule has 0 saturated heterocycles. The largest absolute Gasteiger partial charge is 0.481 e. The molecule has 0 atom stereocenters. The summed E-state index contributed by atoms with van der Waals surface area (Å²) in [4.78, 5) is 10.6. The average molecular weight is 282 g/mol. The number of hydrogen-bond acceptors (Lipinski definition) is 1. The van der Waals surface area contributed by atoms with Gasteiger partial charge >= 0.3 is 5.97 Å². The number of nitrogens with zero attached hydrogens (tertiary/aromatic N) is 1. The predicted octanol–water partition coefficient (Wildman–Crippen LogP) is 3.19. The van der Waals surface area contributed by atoms with Gasteiger partial charge in [-0.1, -0.05) is 12.1 Å². The minimum absolute atomic E-state index is 0.143. The van der Waals surface area contributed by atoms with Crippen molar-refractivity contribution >= 4 is 32.8 Å². The second-order valence-electron chi connectivity index (χ2n) is 3.79. The maximum Gasteiger partial charge on any atom is 0.305 e. The van der Waals surface area contributed by atoms with Crippen molar-refractivity contribution in [2.75, 3.05) is 0 Å². The first-order valence-electron chi connectivity index (χ1n) is 5.05. The third-order valence-corrected chi connectivity index (χ3v) is 3.25. The Morgan fingerprint density at radius 2 is 2.25 bits per heavy atom. The molecular weight excluding hydrogens is 270 g/mol. The fourth-order valence-corrected chi connectivity index (χ4v) is 2.48. The normalized spacial score (nSPS) is 10.9. The van der Waals surface area contributed by atoms with Crippen LogP contribution in [0, 0.1) is 6.92 Å². The van der Waals surface area contributed by atoms with Crippen molar-refractivity contribution in [1.82, 2.24) is 4.57 Å². The predicted molar refractivity (Wildman–Crippen MR) is 66.6 cm³/mol. The van der Waals surface area contributed by atoms with Crippen molar-refractivity contribution < 1.29 is 9.90 Å². The fraction of sp³-hybridized carbons (Fsp3) is 0.250. The van der Waals surface area contributed by atoms with Crippen molar-refractivity contribution in [3.8, 4) is 0 Å². The first kappa shape index (κ1) is 11.2. The number of aromatic nitrogens is 1. The number of carboxylic acids is 1. The Labute approximate surface area is 102 Å². The maximum atomic E-state index is 10.6. The Bertz CT molecular complexity index is 545. The Kier molecular flexibility index (Phi) is 3.01. The van der Waals surface area contributed by atoms with Crippen LogP contribution in [0.5, 0.6) is 0 Å². The molecule has 0 radical (unpaired) electrons. The van der Waals surface area contributed by atoms with E-state index in [2.05, 4.69) is 15.9 Å². The van der Waals surface area contributed by atoms with E-state index in [4.69, 9.17) is 5.11 Å². The summed E-state index contributed by atoms with van der Waals surface area (Å²) in [5.74, 6) is -0.772. The minimum atomic E-state index is -0.772. The lowest BCUT2D eigenvalue weighted by molar-refractivity contribution is -0.137. The monoisotopic (exact) mass is 281 g/mol. The lowest BCUT2D eigenvalue weighted by atomic mass is 10.2. The average Bonchev–Trinajstić information content (AvgIpc) is 2.55. The van der Waals surface area contributed by atoms with Gasteiger partial charge in [0.25, 0.3) is 0 Å². The smallest absolute Gasteiger partial charge is 0.305 e. The van der Waals surface area contributed by atoms with Gasteiger partial charge in [-0.15, -0.1) is 0 Å². The topological polar surface area (TPSA) is 42.2 Å². The second kappa shape index (κ2) is 4.29. The second-order valence-corrected chi connectivity index (χ2v) is 4.64. The van der Waals surface area contributed by atoms with E-state index in [0.29, 0.717) is 6.54 Å². The van der Waals surface area contributed by atoms with Gasteiger partial charge in [0, 0.05) is 22.6 Å². The highest BCUT2D eigenvalue weighted by Crippen LogP contribution is 2.28. The molecule has 2 rings (SSSR count). The van der Waals surface area contributed by atoms with Crippen molar-refractivity contribution in [2.24, 2.45) is 0 Å². The highest BCUT2D eigenvalue weighted by atomic mass is 79.9. The number of benzene rings is 1. The van der Waals surface area contributed by atoms with E-state index < -0.39 is 5.97 Å². The molecule has 2 aromatic rings. The van der Waals surface area contributed by atoms with Crippen LogP contribution in [0.1, 0.15) is 12.0 Å². The number of rotatable bonds is 3. The molecule has 0 amide bonds. The zero-order chi connectivity index (χ0) is 11.7. The molecule has 0 fully saturated rings. The molecule has 1 heterocycles. The number of fused-ring (bicyclic) bond motifs is 1. The molecule has 3 nitrogen and oxygen atoms in total. The summed E-state index contributed by atoms with van der Waals surface area (Å²) in [6.07, 6.45) is 2.14. The van der Waals surface area contributed by atoms with E-state index in [1.165, 1.54) is 10.9 Å². The van der Waals surface area contributed by atoms with E-state index in [-0.39, 0.29) is 6.42 Å². The number of para-hydroxylation sites is 1. The van der Waals surface area contributed by atoms with Gasteiger partial charge in [0.05, 0.1) is 11.9 Å². The maximum absolute atomic E-state index is 10.6. The zero-order valence-corrected chi connectivity index (χ0v) is 10.5. The van der Waals surface area contributed by atoms with E-state index >= 15 is 0 Å². The molecule has 1 aromatic heterocycles. The van der Waals surface area contributed by atoms with Gasteiger partial charge in [-0.2, -0.15) is 0 Å². The van der Waals surface area contributed by atoms with Gasteiger partial charge in [-0.3, -0.25) is 4.79 Å². The quantitative estimate of drug-likeness (QED) is 0.939. The number of halogens is 1. The lowest BCUT2D eigenvalue weighted by Crippen LogP contribution is -2.03. The van der Waals surface area contributed by atoms with Crippen molar-refractivity contribution in [3.05, 3.63) is 34.4 Å². The molecule has 0 bridgehead atoms. The van der Waals surface area contributed by atoms with Crippen molar-refractivity contribution in [2.45, 2.75) is 19.9 Å². The molecule has 16 heavy (non-hydrogen) atoms. The Balaban J connectivity index is 2.49. The summed E-state index contributed by atoms with van der Waals surface area (Å²) >= 11 is 3.50. The first-order chi connectivity index (χ1) is 7.59. The zero-order valence-electron chi connectivity index (χ0n) is 8.90. The molecule has 4 heteroatoms. The molecular formula is C12H12BrNO2. The number of hydrogen-bond donors (Lipinski definition) is 1. The van der Waals surface area contributed by atoms with Crippen LogP contribution in [0.25, 0.3) is 10.9 Å². The molecule has 84 valence electrons. The summed E-state index contributed by atoms with van der Waals surface area (Å²) in [5, 5.41) is 9.86. The van der Waals surface area contributed by atoms with Gasteiger partial charge in [0.15, 0.2) is 0 Å². The van der Waals surface area contributed by atoms with Gasteiger partial charge in [-0.25, -0.2) is 0 Å². The summed E-state index contributed by atoms with van der Waals surface area (Å²) in [7, 11) is 0. The SMILES string of the molecule is Cc1cn(CCC(=O)O)c2c(Br)cccc12. The molecule has 0 aliphatic rings. The van der Waals surface area contributed by atoms with Crippen LogP contribution in [0.2, 0.25) is 0 Å². The number of carboxylic acid groups (broad SMARTS) is 1. The highest BCUT2D eigenvalue weighted by molar-refractivity contribution is 9.10. The molecule has 0 aliphatic carbocycles. The number of aryl methyl sites for hydroxylation is 2. The molecule has 1 N–H and O–H groups in total. The molecule has 1 aromatic carbocycles. The van der Waals surface area contributed by atoms with Crippen LogP contribution in [0.3, 0.4) is 0 Å². The van der Waals surface area contributed by atoms with Gasteiger partial charge in [0.2, 0.25) is 0 Å². The third-order valence-electron chi connectivity index (χ3n) is 2.61. The van der Waals surface area contributed by atoms with Crippen LogP contribution in [-0.4, -0.2) is 15.6 Å². The van der Waals surface area contributed by atoms with Gasteiger partial charge in [-0.05, 0) is 34.5 Å². The Morgan fingerprint density at radius 1 is 1.50 bits per heavy atom. The summed E-state index contributed by atoms with van der Waals surface area (Å²) in [6, 6.07) is 6.01. The number of aliphatic carboxylic acids is 1. The van der Waals surface area contributed by atoms with Crippen LogP contribution in [0.15, 0.2) is 28.9 Å². The van der Waals surface area contributed by atoms with E-state index in [1.807, 2.05) is 35.9 Å². The van der Waals surface area contributed by atoms with Gasteiger partial charge in [0.1, 0.15) is 0 Å². The first-order valence-corrected chi connectivity index (χ1v) is 5.84. The minimum Gasteiger partial charge on any atom is -0.481 e.